The number of hydrogen-bond donors (Lipinski definition) is 0. The van der Waals surface area contributed by atoms with E-state index >= 15 is 0 Å². The normalized spacial score (nSPS) is 27.1. The minimum atomic E-state index is 0.902. The molecule has 3 aliphatic rings. The van der Waals surface area contributed by atoms with E-state index in [4.69, 9.17) is 0 Å². The molecule has 0 N–H and O–H groups in total. The van der Waals surface area contributed by atoms with Crippen LogP contribution in [0.1, 0.15) is 167 Å². The zero-order valence-corrected chi connectivity index (χ0v) is 20.6. The van der Waals surface area contributed by atoms with Crippen LogP contribution in [0.15, 0.2) is 0 Å². The van der Waals surface area contributed by atoms with Crippen LogP contribution in [0.3, 0.4) is 0 Å². The molecule has 3 fully saturated rings. The Bertz CT molecular complexity index is 349. The van der Waals surface area contributed by atoms with Gasteiger partial charge in [-0.3, -0.25) is 4.90 Å². The Labute approximate surface area is 190 Å². The summed E-state index contributed by atoms with van der Waals surface area (Å²) in [6.07, 6.45) is 39.0. The van der Waals surface area contributed by atoms with Crippen molar-refractivity contribution in [2.45, 2.75) is 185 Å². The lowest BCUT2D eigenvalue weighted by atomic mass is 9.90. The van der Waals surface area contributed by atoms with Crippen LogP contribution in [0.4, 0.5) is 0 Å². The fraction of sp³-hybridized carbons (Fsp3) is 1.00. The first kappa shape index (κ1) is 24.6. The van der Waals surface area contributed by atoms with Gasteiger partial charge in [0.25, 0.3) is 0 Å². The molecule has 0 unspecified atom stereocenters. The zero-order chi connectivity index (χ0) is 20.7. The third kappa shape index (κ3) is 9.22. The van der Waals surface area contributed by atoms with E-state index in [9.17, 15) is 0 Å². The van der Waals surface area contributed by atoms with Crippen molar-refractivity contribution in [2.75, 3.05) is 0 Å². The SMILES string of the molecule is C1CCCCCC(N(C2CCCCCCCC2)C2CCCCCCCC2)CCCC1. The average Bonchev–Trinajstić information content (AvgIpc) is 2.94. The second kappa shape index (κ2) is 15.7. The van der Waals surface area contributed by atoms with Gasteiger partial charge in [-0.15, -0.1) is 0 Å². The van der Waals surface area contributed by atoms with Gasteiger partial charge in [-0.05, 0) is 38.5 Å². The van der Waals surface area contributed by atoms with Crippen molar-refractivity contribution in [2.24, 2.45) is 0 Å². The van der Waals surface area contributed by atoms with Crippen LogP contribution in [-0.4, -0.2) is 23.0 Å². The largest absolute Gasteiger partial charge is 0.294 e. The lowest BCUT2D eigenvalue weighted by Gasteiger charge is -2.44. The van der Waals surface area contributed by atoms with E-state index in [0.717, 1.165) is 18.1 Å². The van der Waals surface area contributed by atoms with Crippen LogP contribution < -0.4 is 0 Å². The topological polar surface area (TPSA) is 3.24 Å². The van der Waals surface area contributed by atoms with Gasteiger partial charge in [0, 0.05) is 18.1 Å². The van der Waals surface area contributed by atoms with Crippen LogP contribution in [0.5, 0.6) is 0 Å². The average molecular weight is 418 g/mol. The van der Waals surface area contributed by atoms with E-state index in [2.05, 4.69) is 4.90 Å². The Morgan fingerprint density at radius 2 is 0.400 bits per heavy atom. The molecule has 1 nitrogen and oxygen atoms in total. The van der Waals surface area contributed by atoms with E-state index in [0.29, 0.717) is 0 Å². The molecule has 0 heterocycles. The van der Waals surface area contributed by atoms with Crippen molar-refractivity contribution in [1.82, 2.24) is 4.90 Å². The van der Waals surface area contributed by atoms with E-state index in [1.807, 2.05) is 0 Å². The summed E-state index contributed by atoms with van der Waals surface area (Å²) in [5.74, 6) is 0. The Balaban J connectivity index is 1.75. The Morgan fingerprint density at radius 1 is 0.233 bits per heavy atom. The Hall–Kier alpha value is -0.0400. The summed E-state index contributed by atoms with van der Waals surface area (Å²) in [6, 6.07) is 2.72. The molecule has 0 bridgehead atoms. The molecular formula is C29H55N. The van der Waals surface area contributed by atoms with Gasteiger partial charge in [-0.2, -0.15) is 0 Å². The summed E-state index contributed by atoms with van der Waals surface area (Å²) in [7, 11) is 0. The minimum absolute atomic E-state index is 0.902. The van der Waals surface area contributed by atoms with Crippen molar-refractivity contribution in [3.8, 4) is 0 Å². The van der Waals surface area contributed by atoms with Gasteiger partial charge in [-0.25, -0.2) is 0 Å². The molecule has 30 heavy (non-hydrogen) atoms. The first-order valence-corrected chi connectivity index (χ1v) is 14.7. The highest BCUT2D eigenvalue weighted by atomic mass is 15.2. The second-order valence-corrected chi connectivity index (χ2v) is 11.2. The van der Waals surface area contributed by atoms with Gasteiger partial charge in [0.05, 0.1) is 0 Å². The molecule has 3 saturated carbocycles. The first-order valence-electron chi connectivity index (χ1n) is 14.7. The van der Waals surface area contributed by atoms with Crippen LogP contribution >= 0.6 is 0 Å². The van der Waals surface area contributed by atoms with Crippen LogP contribution in [0.25, 0.3) is 0 Å². The van der Waals surface area contributed by atoms with E-state index in [-0.39, 0.29) is 0 Å². The maximum absolute atomic E-state index is 3.24. The lowest BCUT2D eigenvalue weighted by molar-refractivity contribution is 0.0426. The third-order valence-electron chi connectivity index (χ3n) is 8.74. The molecule has 0 radical (unpaired) electrons. The predicted octanol–water partition coefficient (Wildman–Crippen LogP) is 9.58. The molecule has 1 heteroatoms. The summed E-state index contributed by atoms with van der Waals surface area (Å²) in [5.41, 5.74) is 0. The molecule has 0 saturated heterocycles. The molecule has 0 atom stereocenters. The quantitative estimate of drug-likeness (QED) is 0.441. The molecule has 3 aliphatic carbocycles. The highest BCUT2D eigenvalue weighted by Gasteiger charge is 2.32. The number of hydrogen-bond acceptors (Lipinski definition) is 1. The summed E-state index contributed by atoms with van der Waals surface area (Å²) < 4.78 is 0. The van der Waals surface area contributed by atoms with Gasteiger partial charge >= 0.3 is 0 Å². The van der Waals surface area contributed by atoms with Gasteiger partial charge in [0.1, 0.15) is 0 Å². The van der Waals surface area contributed by atoms with Crippen LogP contribution in [0, 0.1) is 0 Å². The van der Waals surface area contributed by atoms with Crippen LogP contribution in [-0.2, 0) is 0 Å². The van der Waals surface area contributed by atoms with Crippen molar-refractivity contribution in [3.05, 3.63) is 0 Å². The van der Waals surface area contributed by atoms with Crippen molar-refractivity contribution >= 4 is 0 Å². The fourth-order valence-corrected chi connectivity index (χ4v) is 6.98. The maximum atomic E-state index is 3.24. The number of nitrogens with zero attached hydrogens (tertiary/aromatic N) is 1. The third-order valence-corrected chi connectivity index (χ3v) is 8.74. The number of rotatable bonds is 3. The van der Waals surface area contributed by atoms with Gasteiger partial charge in [-0.1, -0.05) is 128 Å². The lowest BCUT2D eigenvalue weighted by Crippen LogP contribution is -2.50. The maximum Gasteiger partial charge on any atom is 0.0101 e. The minimum Gasteiger partial charge on any atom is -0.294 e. The van der Waals surface area contributed by atoms with Crippen LogP contribution in [0.2, 0.25) is 0 Å². The van der Waals surface area contributed by atoms with Crippen molar-refractivity contribution in [3.63, 3.8) is 0 Å². The highest BCUT2D eigenvalue weighted by Crippen LogP contribution is 2.33. The van der Waals surface area contributed by atoms with Crippen molar-refractivity contribution in [1.29, 1.82) is 0 Å². The summed E-state index contributed by atoms with van der Waals surface area (Å²) >= 11 is 0. The molecule has 176 valence electrons. The van der Waals surface area contributed by atoms with E-state index < -0.39 is 0 Å². The highest BCUT2D eigenvalue weighted by molar-refractivity contribution is 4.87. The van der Waals surface area contributed by atoms with E-state index in [1.54, 1.807) is 0 Å². The molecule has 0 aromatic carbocycles. The summed E-state index contributed by atoms with van der Waals surface area (Å²) in [5, 5.41) is 0. The standard InChI is InChI=1S/C29H55N/c1-2-4-10-16-22-27(21-15-9-3-1)30(28-23-17-11-5-6-12-18-24-28)29-25-19-13-7-8-14-20-26-29/h27-29H,1-26H2. The Kier molecular flexibility index (Phi) is 12.9. The molecule has 0 aromatic heterocycles. The monoisotopic (exact) mass is 417 g/mol. The molecule has 0 aromatic rings. The Morgan fingerprint density at radius 3 is 0.600 bits per heavy atom. The smallest absolute Gasteiger partial charge is 0.0101 e. The van der Waals surface area contributed by atoms with Gasteiger partial charge < -0.3 is 0 Å². The predicted molar refractivity (Wildman–Crippen MR) is 133 cm³/mol. The summed E-state index contributed by atoms with van der Waals surface area (Å²) in [6.45, 7) is 0. The zero-order valence-electron chi connectivity index (χ0n) is 20.6. The molecule has 3 rings (SSSR count). The van der Waals surface area contributed by atoms with Gasteiger partial charge in [0.2, 0.25) is 0 Å². The molecule has 0 spiro atoms. The molecule has 0 amide bonds. The molecular weight excluding hydrogens is 362 g/mol. The second-order valence-electron chi connectivity index (χ2n) is 11.2. The fourth-order valence-electron chi connectivity index (χ4n) is 6.98. The molecule has 0 aliphatic heterocycles. The van der Waals surface area contributed by atoms with Gasteiger partial charge in [0.15, 0.2) is 0 Å². The van der Waals surface area contributed by atoms with E-state index in [1.165, 1.54) is 167 Å². The van der Waals surface area contributed by atoms with Crippen molar-refractivity contribution < 1.29 is 0 Å². The first-order chi connectivity index (χ1) is 14.9. The summed E-state index contributed by atoms with van der Waals surface area (Å²) in [4.78, 5) is 3.24.